The molecule has 0 fully saturated rings. The van der Waals surface area contributed by atoms with Crippen LogP contribution in [-0.2, 0) is 9.63 Å². The van der Waals surface area contributed by atoms with E-state index in [2.05, 4.69) is 5.16 Å². The summed E-state index contributed by atoms with van der Waals surface area (Å²) in [4.78, 5) is 43.8. The number of Topliss-reactive ketones (excluding diaryl/α,β-unsaturated/α-hetero) is 2. The second kappa shape index (κ2) is 15.9. The van der Waals surface area contributed by atoms with Crippen molar-refractivity contribution in [1.82, 2.24) is 0 Å². The van der Waals surface area contributed by atoms with Crippen molar-refractivity contribution < 1.29 is 19.2 Å². The summed E-state index contributed by atoms with van der Waals surface area (Å²) in [5.74, 6) is 0.348. The number of benzene rings is 3. The lowest BCUT2D eigenvalue weighted by Crippen LogP contribution is -2.16. The Kier molecular flexibility index (Phi) is 12.3. The maximum absolute atomic E-state index is 13.1. The lowest BCUT2D eigenvalue weighted by atomic mass is 10.0. The molecule has 0 heterocycles. The third-order valence-electron chi connectivity index (χ3n) is 5.34. The molecular weight excluding hydrogens is 550 g/mol. The topological polar surface area (TPSA) is 72.8 Å². The predicted octanol–water partition coefficient (Wildman–Crippen LogP) is 8.10. The van der Waals surface area contributed by atoms with Gasteiger partial charge < -0.3 is 4.84 Å². The van der Waals surface area contributed by atoms with Crippen molar-refractivity contribution in [3.05, 3.63) is 119 Å². The van der Waals surface area contributed by atoms with E-state index in [1.54, 1.807) is 53.9 Å². The highest BCUT2D eigenvalue weighted by Crippen LogP contribution is 2.23. The highest BCUT2D eigenvalue weighted by Gasteiger charge is 2.16. The standard InChI is InChI=1S/C31H28ClNO4S2/c1-3-23(30(35)24-8-5-4-6-9-24)10-7-20-38-27-15-11-25(12-16-27)31(36)29(33-37-22(2)34)19-21-39-28-17-13-26(32)14-18-28/h3-18H,19-21H2,1-2H3. The molecule has 3 rings (SSSR count). The van der Waals surface area contributed by atoms with Crippen LogP contribution in [0.15, 0.2) is 118 Å². The van der Waals surface area contributed by atoms with Crippen molar-refractivity contribution in [2.24, 2.45) is 5.16 Å². The van der Waals surface area contributed by atoms with Crippen LogP contribution in [0.1, 0.15) is 41.0 Å². The quantitative estimate of drug-likeness (QED) is 0.0388. The molecule has 0 unspecified atom stereocenters. The van der Waals surface area contributed by atoms with Crippen LogP contribution in [0.3, 0.4) is 0 Å². The Morgan fingerprint density at radius 2 is 1.46 bits per heavy atom. The number of hydrogen-bond donors (Lipinski definition) is 0. The Balaban J connectivity index is 1.57. The molecule has 8 heteroatoms. The molecule has 0 aliphatic carbocycles. The summed E-state index contributed by atoms with van der Waals surface area (Å²) < 4.78 is 0. The molecule has 0 aliphatic rings. The summed E-state index contributed by atoms with van der Waals surface area (Å²) in [5, 5.41) is 4.48. The van der Waals surface area contributed by atoms with Gasteiger partial charge in [-0.2, -0.15) is 0 Å². The number of nitrogens with zero attached hydrogens (tertiary/aromatic N) is 1. The fourth-order valence-electron chi connectivity index (χ4n) is 3.36. The summed E-state index contributed by atoms with van der Waals surface area (Å²) in [6.07, 6.45) is 5.91. The van der Waals surface area contributed by atoms with E-state index in [9.17, 15) is 14.4 Å². The molecule has 0 aliphatic heterocycles. The van der Waals surface area contributed by atoms with Crippen molar-refractivity contribution in [2.75, 3.05) is 11.5 Å². The first kappa shape index (κ1) is 30.2. The summed E-state index contributed by atoms with van der Waals surface area (Å²) in [5.41, 5.74) is 1.93. The van der Waals surface area contributed by atoms with E-state index in [4.69, 9.17) is 16.4 Å². The maximum Gasteiger partial charge on any atom is 0.331 e. The monoisotopic (exact) mass is 577 g/mol. The fourth-order valence-corrected chi connectivity index (χ4v) is 5.06. The number of carbonyl (C=O) groups excluding carboxylic acids is 3. The molecule has 0 aromatic heterocycles. The molecule has 0 amide bonds. The number of oxime groups is 1. The molecule has 5 nitrogen and oxygen atoms in total. The fraction of sp³-hybridized carbons (Fsp3) is 0.161. The van der Waals surface area contributed by atoms with Gasteiger partial charge in [0.2, 0.25) is 5.78 Å². The van der Waals surface area contributed by atoms with Crippen LogP contribution >= 0.6 is 35.1 Å². The normalized spacial score (nSPS) is 12.0. The average Bonchev–Trinajstić information content (AvgIpc) is 2.96. The summed E-state index contributed by atoms with van der Waals surface area (Å²) in [6.45, 7) is 3.09. The molecule has 0 radical (unpaired) electrons. The van der Waals surface area contributed by atoms with Crippen molar-refractivity contribution in [1.29, 1.82) is 0 Å². The second-order valence-electron chi connectivity index (χ2n) is 8.18. The van der Waals surface area contributed by atoms with Gasteiger partial charge in [-0.3, -0.25) is 9.59 Å². The van der Waals surface area contributed by atoms with Gasteiger partial charge in [0.15, 0.2) is 5.78 Å². The van der Waals surface area contributed by atoms with E-state index < -0.39 is 5.97 Å². The maximum atomic E-state index is 13.1. The van der Waals surface area contributed by atoms with Crippen molar-refractivity contribution in [3.63, 3.8) is 0 Å². The van der Waals surface area contributed by atoms with E-state index in [1.807, 2.05) is 73.7 Å². The van der Waals surface area contributed by atoms with Gasteiger partial charge in [0.1, 0.15) is 5.71 Å². The highest BCUT2D eigenvalue weighted by molar-refractivity contribution is 7.99. The van der Waals surface area contributed by atoms with E-state index in [0.29, 0.717) is 39.6 Å². The zero-order chi connectivity index (χ0) is 28.0. The minimum atomic E-state index is -0.586. The number of allylic oxidation sites excluding steroid dienone is 3. The van der Waals surface area contributed by atoms with Crippen LogP contribution in [0.2, 0.25) is 5.02 Å². The molecule has 0 atom stereocenters. The van der Waals surface area contributed by atoms with Gasteiger partial charge >= 0.3 is 5.97 Å². The number of carbonyl (C=O) groups is 3. The minimum absolute atomic E-state index is 0.0139. The van der Waals surface area contributed by atoms with Crippen LogP contribution in [0.4, 0.5) is 0 Å². The first-order valence-electron chi connectivity index (χ1n) is 12.2. The molecule has 0 saturated heterocycles. The molecule has 0 bridgehead atoms. The van der Waals surface area contributed by atoms with Gasteiger partial charge in [0, 0.05) is 56.4 Å². The third kappa shape index (κ3) is 10.0. The molecule has 3 aromatic rings. The zero-order valence-corrected chi connectivity index (χ0v) is 24.0. The molecule has 200 valence electrons. The van der Waals surface area contributed by atoms with Gasteiger partial charge in [-0.15, -0.1) is 23.5 Å². The Labute approximate surface area is 242 Å². The van der Waals surface area contributed by atoms with Crippen LogP contribution < -0.4 is 0 Å². The molecule has 0 spiro atoms. The number of thioether (sulfide) groups is 2. The van der Waals surface area contributed by atoms with E-state index in [-0.39, 0.29) is 17.3 Å². The Morgan fingerprint density at radius 1 is 0.846 bits per heavy atom. The lowest BCUT2D eigenvalue weighted by molar-refractivity contribution is -0.140. The number of rotatable bonds is 13. The molecule has 39 heavy (non-hydrogen) atoms. The van der Waals surface area contributed by atoms with Crippen molar-refractivity contribution >= 4 is 58.4 Å². The van der Waals surface area contributed by atoms with Gasteiger partial charge in [0.25, 0.3) is 0 Å². The summed E-state index contributed by atoms with van der Waals surface area (Å²) in [6, 6.07) is 23.8. The minimum Gasteiger partial charge on any atom is -0.318 e. The largest absolute Gasteiger partial charge is 0.331 e. The Morgan fingerprint density at radius 3 is 2.10 bits per heavy atom. The smallest absolute Gasteiger partial charge is 0.318 e. The average molecular weight is 578 g/mol. The SMILES string of the molecule is CC=C(C=CCSc1ccc(C(=O)C(CCSc2ccc(Cl)cc2)=NOC(C)=O)cc1)C(=O)c1ccccc1. The van der Waals surface area contributed by atoms with E-state index in [1.165, 1.54) is 6.92 Å². The van der Waals surface area contributed by atoms with Crippen LogP contribution in [0.5, 0.6) is 0 Å². The zero-order valence-electron chi connectivity index (χ0n) is 21.6. The summed E-state index contributed by atoms with van der Waals surface area (Å²) >= 11 is 9.07. The Hall–Kier alpha value is -3.39. The third-order valence-corrected chi connectivity index (χ3v) is 7.57. The van der Waals surface area contributed by atoms with E-state index >= 15 is 0 Å². The lowest BCUT2D eigenvalue weighted by Gasteiger charge is -2.07. The van der Waals surface area contributed by atoms with E-state index in [0.717, 1.165) is 9.79 Å². The van der Waals surface area contributed by atoms with Gasteiger partial charge in [-0.25, -0.2) is 4.79 Å². The first-order chi connectivity index (χ1) is 18.9. The number of ketones is 2. The Bertz CT molecular complexity index is 1370. The summed E-state index contributed by atoms with van der Waals surface area (Å²) in [7, 11) is 0. The van der Waals surface area contributed by atoms with Gasteiger partial charge in [-0.1, -0.05) is 65.3 Å². The molecule has 3 aromatic carbocycles. The van der Waals surface area contributed by atoms with Gasteiger partial charge in [-0.05, 0) is 55.5 Å². The second-order valence-corrected chi connectivity index (χ2v) is 10.9. The van der Waals surface area contributed by atoms with Crippen LogP contribution in [-0.4, -0.2) is 34.8 Å². The van der Waals surface area contributed by atoms with Crippen LogP contribution in [0, 0.1) is 0 Å². The molecular formula is C31H28ClNO4S2. The predicted molar refractivity (Wildman–Crippen MR) is 161 cm³/mol. The van der Waals surface area contributed by atoms with Crippen molar-refractivity contribution in [3.8, 4) is 0 Å². The highest BCUT2D eigenvalue weighted by atomic mass is 35.5. The molecule has 0 saturated carbocycles. The number of hydrogen-bond acceptors (Lipinski definition) is 7. The first-order valence-corrected chi connectivity index (χ1v) is 14.5. The van der Waals surface area contributed by atoms with Gasteiger partial charge in [0.05, 0.1) is 0 Å². The number of halogens is 1. The van der Waals surface area contributed by atoms with Crippen molar-refractivity contribution in [2.45, 2.75) is 30.1 Å². The van der Waals surface area contributed by atoms with Crippen LogP contribution in [0.25, 0.3) is 0 Å². The molecule has 0 N–H and O–H groups in total.